The van der Waals surface area contributed by atoms with Crippen LogP contribution in [0.4, 0.5) is 0 Å². The van der Waals surface area contributed by atoms with E-state index >= 15 is 0 Å². The van der Waals surface area contributed by atoms with Crippen LogP contribution in [0.3, 0.4) is 0 Å². The summed E-state index contributed by atoms with van der Waals surface area (Å²) in [5, 5.41) is 2.70. The summed E-state index contributed by atoms with van der Waals surface area (Å²) in [5.41, 5.74) is 6.32. The number of amides is 1. The largest absolute Gasteiger partial charge is 0.362 e. The summed E-state index contributed by atoms with van der Waals surface area (Å²) < 4.78 is 0.970. The van der Waals surface area contributed by atoms with Crippen molar-refractivity contribution in [1.82, 2.24) is 10.3 Å². The van der Waals surface area contributed by atoms with Crippen LogP contribution in [0.5, 0.6) is 0 Å². The van der Waals surface area contributed by atoms with E-state index in [2.05, 4.69) is 26.2 Å². The number of H-pyrrole nitrogens is 1. The van der Waals surface area contributed by atoms with E-state index in [9.17, 15) is 4.79 Å². The smallest absolute Gasteiger partial charge is 0.236 e. The SMILES string of the molecule is CC(N)C(=O)NCc1cc(Br)c[nH]1. The van der Waals surface area contributed by atoms with E-state index in [0.29, 0.717) is 6.54 Å². The lowest BCUT2D eigenvalue weighted by Gasteiger charge is -2.05. The van der Waals surface area contributed by atoms with Gasteiger partial charge in [0.05, 0.1) is 12.6 Å². The topological polar surface area (TPSA) is 70.9 Å². The first-order chi connectivity index (χ1) is 6.09. The van der Waals surface area contributed by atoms with Crippen molar-refractivity contribution < 1.29 is 4.79 Å². The number of carbonyl (C=O) groups excluding carboxylic acids is 1. The average Bonchev–Trinajstić information content (AvgIpc) is 2.47. The Kier molecular flexibility index (Phi) is 3.50. The molecule has 0 fully saturated rings. The number of nitrogens with one attached hydrogen (secondary N) is 2. The van der Waals surface area contributed by atoms with Crippen molar-refractivity contribution in [3.63, 3.8) is 0 Å². The Labute approximate surface area is 85.0 Å². The van der Waals surface area contributed by atoms with E-state index in [-0.39, 0.29) is 5.91 Å². The molecule has 1 rings (SSSR count). The number of rotatable bonds is 3. The van der Waals surface area contributed by atoms with E-state index in [1.54, 1.807) is 6.92 Å². The minimum Gasteiger partial charge on any atom is -0.362 e. The van der Waals surface area contributed by atoms with E-state index in [0.717, 1.165) is 10.2 Å². The van der Waals surface area contributed by atoms with Gasteiger partial charge < -0.3 is 16.0 Å². The molecule has 1 amide bonds. The minimum absolute atomic E-state index is 0.147. The maximum Gasteiger partial charge on any atom is 0.236 e. The number of aromatic amines is 1. The summed E-state index contributed by atoms with van der Waals surface area (Å²) in [7, 11) is 0. The van der Waals surface area contributed by atoms with Crippen LogP contribution in [-0.2, 0) is 11.3 Å². The molecule has 0 bridgehead atoms. The third-order valence-electron chi connectivity index (χ3n) is 1.57. The highest BCUT2D eigenvalue weighted by Gasteiger charge is 2.06. The normalized spacial score (nSPS) is 12.5. The van der Waals surface area contributed by atoms with E-state index < -0.39 is 6.04 Å². The van der Waals surface area contributed by atoms with Gasteiger partial charge in [-0.1, -0.05) is 0 Å². The summed E-state index contributed by atoms with van der Waals surface area (Å²) in [6.07, 6.45) is 1.81. The fourth-order valence-corrected chi connectivity index (χ4v) is 1.25. The van der Waals surface area contributed by atoms with E-state index in [4.69, 9.17) is 5.73 Å². The zero-order valence-corrected chi connectivity index (χ0v) is 8.89. The summed E-state index contributed by atoms with van der Waals surface area (Å²) >= 11 is 3.30. The molecule has 0 saturated carbocycles. The predicted molar refractivity (Wildman–Crippen MR) is 54.0 cm³/mol. The van der Waals surface area contributed by atoms with Crippen LogP contribution < -0.4 is 11.1 Å². The Morgan fingerprint density at radius 2 is 2.54 bits per heavy atom. The Morgan fingerprint density at radius 3 is 3.00 bits per heavy atom. The highest BCUT2D eigenvalue weighted by molar-refractivity contribution is 9.10. The van der Waals surface area contributed by atoms with Gasteiger partial charge in [0.25, 0.3) is 0 Å². The average molecular weight is 246 g/mol. The molecular weight excluding hydrogens is 234 g/mol. The van der Waals surface area contributed by atoms with Crippen molar-refractivity contribution in [2.24, 2.45) is 5.73 Å². The third-order valence-corrected chi connectivity index (χ3v) is 2.03. The molecule has 1 heterocycles. The van der Waals surface area contributed by atoms with Crippen molar-refractivity contribution >= 4 is 21.8 Å². The first kappa shape index (κ1) is 10.3. The van der Waals surface area contributed by atoms with Gasteiger partial charge in [-0.25, -0.2) is 0 Å². The Morgan fingerprint density at radius 1 is 1.85 bits per heavy atom. The minimum atomic E-state index is -0.460. The lowest BCUT2D eigenvalue weighted by Crippen LogP contribution is -2.37. The number of hydrogen-bond acceptors (Lipinski definition) is 2. The van der Waals surface area contributed by atoms with Crippen LogP contribution in [0.2, 0.25) is 0 Å². The van der Waals surface area contributed by atoms with Crippen molar-refractivity contribution in [2.45, 2.75) is 19.5 Å². The van der Waals surface area contributed by atoms with Crippen LogP contribution in [0.25, 0.3) is 0 Å². The molecule has 5 heteroatoms. The molecule has 0 spiro atoms. The molecule has 0 aliphatic rings. The van der Waals surface area contributed by atoms with E-state index in [1.165, 1.54) is 0 Å². The van der Waals surface area contributed by atoms with Gasteiger partial charge in [-0.2, -0.15) is 0 Å². The van der Waals surface area contributed by atoms with Crippen molar-refractivity contribution in [1.29, 1.82) is 0 Å². The molecular formula is C8H12BrN3O. The second kappa shape index (κ2) is 4.43. The summed E-state index contributed by atoms with van der Waals surface area (Å²) in [5.74, 6) is -0.147. The quantitative estimate of drug-likeness (QED) is 0.736. The zero-order valence-electron chi connectivity index (χ0n) is 7.30. The lowest BCUT2D eigenvalue weighted by molar-refractivity contribution is -0.122. The molecule has 1 aromatic heterocycles. The van der Waals surface area contributed by atoms with Gasteiger partial charge in [0.15, 0.2) is 0 Å². The first-order valence-electron chi connectivity index (χ1n) is 3.95. The van der Waals surface area contributed by atoms with Crippen LogP contribution in [0, 0.1) is 0 Å². The van der Waals surface area contributed by atoms with Gasteiger partial charge >= 0.3 is 0 Å². The standard InChI is InChI=1S/C8H12BrN3O/c1-5(10)8(13)12-4-7-2-6(9)3-11-7/h2-3,5,11H,4,10H2,1H3,(H,12,13). The molecule has 0 saturated heterocycles. The Balaban J connectivity index is 2.39. The summed E-state index contributed by atoms with van der Waals surface area (Å²) in [4.78, 5) is 14.1. The maximum atomic E-state index is 11.1. The predicted octanol–water partition coefficient (Wildman–Crippen LogP) is 0.741. The molecule has 13 heavy (non-hydrogen) atoms. The monoisotopic (exact) mass is 245 g/mol. The zero-order chi connectivity index (χ0) is 9.84. The van der Waals surface area contributed by atoms with Crippen molar-refractivity contribution in [3.8, 4) is 0 Å². The molecule has 1 aromatic rings. The second-order valence-corrected chi connectivity index (χ2v) is 3.77. The highest BCUT2D eigenvalue weighted by atomic mass is 79.9. The molecule has 0 aromatic carbocycles. The molecule has 0 radical (unpaired) electrons. The second-order valence-electron chi connectivity index (χ2n) is 2.85. The van der Waals surface area contributed by atoms with Crippen LogP contribution >= 0.6 is 15.9 Å². The summed E-state index contributed by atoms with van der Waals surface area (Å²) in [6, 6.07) is 1.44. The maximum absolute atomic E-state index is 11.1. The number of halogens is 1. The lowest BCUT2D eigenvalue weighted by atomic mass is 10.3. The molecule has 1 unspecified atom stereocenters. The van der Waals surface area contributed by atoms with Gasteiger partial charge in [0.2, 0.25) is 5.91 Å². The number of hydrogen-bond donors (Lipinski definition) is 3. The van der Waals surface area contributed by atoms with Gasteiger partial charge in [-0.3, -0.25) is 4.79 Å². The van der Waals surface area contributed by atoms with Crippen LogP contribution in [0.15, 0.2) is 16.7 Å². The number of aromatic nitrogens is 1. The van der Waals surface area contributed by atoms with Gasteiger partial charge in [0, 0.05) is 16.4 Å². The van der Waals surface area contributed by atoms with Crippen LogP contribution in [-0.4, -0.2) is 16.9 Å². The van der Waals surface area contributed by atoms with Gasteiger partial charge in [0.1, 0.15) is 0 Å². The third kappa shape index (κ3) is 3.20. The highest BCUT2D eigenvalue weighted by Crippen LogP contribution is 2.09. The number of carbonyl (C=O) groups is 1. The molecule has 0 aliphatic heterocycles. The molecule has 0 aliphatic carbocycles. The summed E-state index contributed by atoms with van der Waals surface area (Å²) in [6.45, 7) is 2.13. The first-order valence-corrected chi connectivity index (χ1v) is 4.75. The van der Waals surface area contributed by atoms with Crippen molar-refractivity contribution in [2.75, 3.05) is 0 Å². The number of nitrogens with two attached hydrogens (primary N) is 1. The Bertz CT molecular complexity index is 295. The fraction of sp³-hybridized carbons (Fsp3) is 0.375. The fourth-order valence-electron chi connectivity index (χ4n) is 0.857. The van der Waals surface area contributed by atoms with E-state index in [1.807, 2.05) is 12.3 Å². The molecule has 4 nitrogen and oxygen atoms in total. The van der Waals surface area contributed by atoms with Crippen molar-refractivity contribution in [3.05, 3.63) is 22.4 Å². The van der Waals surface area contributed by atoms with Crippen LogP contribution in [0.1, 0.15) is 12.6 Å². The van der Waals surface area contributed by atoms with Gasteiger partial charge in [-0.15, -0.1) is 0 Å². The van der Waals surface area contributed by atoms with Gasteiger partial charge in [-0.05, 0) is 28.9 Å². The molecule has 4 N–H and O–H groups in total. The molecule has 1 atom stereocenters. The molecule has 72 valence electrons. The Hall–Kier alpha value is -0.810.